The summed E-state index contributed by atoms with van der Waals surface area (Å²) in [5, 5.41) is 12.5. The van der Waals surface area contributed by atoms with Crippen molar-refractivity contribution in [1.29, 1.82) is 5.41 Å². The van der Waals surface area contributed by atoms with Gasteiger partial charge < -0.3 is 34.3 Å². The highest BCUT2D eigenvalue weighted by atomic mass is 31.1. The first-order valence-corrected chi connectivity index (χ1v) is 13.4. The van der Waals surface area contributed by atoms with Crippen molar-refractivity contribution >= 4 is 39.8 Å². The fraction of sp³-hybridized carbons (Fsp3) is 0.647. The molecule has 2 aromatic heterocycles. The molecule has 19 heteroatoms. The molecule has 0 aromatic carbocycles. The van der Waals surface area contributed by atoms with E-state index in [0.29, 0.717) is 0 Å². The largest absolute Gasteiger partial charge is 0.382 e. The van der Waals surface area contributed by atoms with Crippen LogP contribution in [0, 0.1) is 5.41 Å². The van der Waals surface area contributed by atoms with Gasteiger partial charge in [-0.25, -0.2) is 24.4 Å². The molecule has 0 spiro atoms. The second-order valence-electron chi connectivity index (χ2n) is 8.11. The first kappa shape index (κ1) is 25.6. The standard InChI is InChI=1S/C17H25FN8O8P2/c1-29-12-8-3-30-35(27)25-10-7(2-31-36(28)34-13(12)16(32-8)21-4-19)33-17(9(10)18)26-6-24-11-14(20)22-5-23-15(11)26/h4-10,12-13,16-17,35-36H,2-3H2,1H3,(H2,19,21)(H,25,27)(H2,20,22,23). The van der Waals surface area contributed by atoms with Gasteiger partial charge in [0.2, 0.25) is 0 Å². The number of nitrogens with one attached hydrogen (secondary N) is 3. The molecule has 10 atom stereocenters. The van der Waals surface area contributed by atoms with Crippen LogP contribution >= 0.6 is 16.4 Å². The molecule has 0 saturated carbocycles. The molecule has 5 rings (SSSR count). The van der Waals surface area contributed by atoms with Crippen LogP contribution in [0.25, 0.3) is 11.2 Å². The predicted octanol–water partition coefficient (Wildman–Crippen LogP) is -0.250. The van der Waals surface area contributed by atoms with Crippen molar-refractivity contribution in [3.63, 3.8) is 0 Å². The van der Waals surface area contributed by atoms with Crippen LogP contribution in [0.15, 0.2) is 12.7 Å². The molecule has 5 heterocycles. The van der Waals surface area contributed by atoms with Gasteiger partial charge in [-0.05, 0) is 0 Å². The van der Waals surface area contributed by atoms with E-state index in [-0.39, 0.29) is 30.2 Å². The van der Waals surface area contributed by atoms with E-state index in [2.05, 4.69) is 25.4 Å². The van der Waals surface area contributed by atoms with E-state index in [4.69, 9.17) is 38.9 Å². The number of nitrogens with two attached hydrogens (primary N) is 1. The van der Waals surface area contributed by atoms with Crippen molar-refractivity contribution in [2.45, 2.75) is 49.1 Å². The molecule has 198 valence electrons. The zero-order valence-corrected chi connectivity index (χ0v) is 20.8. The van der Waals surface area contributed by atoms with Crippen LogP contribution in [0.1, 0.15) is 6.23 Å². The average Bonchev–Trinajstić information content (AvgIpc) is 3.51. The number of imidazole rings is 1. The maximum absolute atomic E-state index is 15.7. The topological polar surface area (TPSA) is 207 Å². The van der Waals surface area contributed by atoms with E-state index in [9.17, 15) is 9.13 Å². The molecule has 36 heavy (non-hydrogen) atoms. The fourth-order valence-electron chi connectivity index (χ4n) is 4.44. The van der Waals surface area contributed by atoms with Crippen LogP contribution in [-0.2, 0) is 36.9 Å². The van der Waals surface area contributed by atoms with Crippen molar-refractivity contribution in [3.8, 4) is 0 Å². The van der Waals surface area contributed by atoms with Crippen molar-refractivity contribution in [1.82, 2.24) is 29.9 Å². The van der Waals surface area contributed by atoms with Gasteiger partial charge in [0.1, 0.15) is 36.3 Å². The first-order chi connectivity index (χ1) is 17.4. The van der Waals surface area contributed by atoms with Gasteiger partial charge in [-0.15, -0.1) is 0 Å². The lowest BCUT2D eigenvalue weighted by Gasteiger charge is -2.23. The molecule has 3 aliphatic rings. The van der Waals surface area contributed by atoms with Crippen molar-refractivity contribution in [2.24, 2.45) is 0 Å². The number of alkyl halides is 1. The number of fused-ring (bicyclic) bond motifs is 4. The van der Waals surface area contributed by atoms with Gasteiger partial charge in [-0.1, -0.05) is 0 Å². The van der Waals surface area contributed by atoms with Crippen LogP contribution in [-0.4, -0.2) is 89.0 Å². The van der Waals surface area contributed by atoms with Gasteiger partial charge in [-0.2, -0.15) is 0 Å². The number of halogens is 1. The first-order valence-electron chi connectivity index (χ1n) is 10.8. The molecule has 10 unspecified atom stereocenters. The van der Waals surface area contributed by atoms with Crippen LogP contribution in [0.2, 0.25) is 0 Å². The van der Waals surface area contributed by atoms with Gasteiger partial charge >= 0.3 is 8.25 Å². The highest BCUT2D eigenvalue weighted by Crippen LogP contribution is 2.40. The Balaban J connectivity index is 1.39. The fourth-order valence-corrected chi connectivity index (χ4v) is 6.30. The molecule has 0 aliphatic carbocycles. The van der Waals surface area contributed by atoms with Gasteiger partial charge in [0.25, 0.3) is 8.18 Å². The Morgan fingerprint density at radius 1 is 1.28 bits per heavy atom. The number of hydrogen-bond donors (Lipinski definition) is 4. The molecule has 0 amide bonds. The number of ether oxygens (including phenoxy) is 3. The number of methoxy groups -OCH3 is 1. The summed E-state index contributed by atoms with van der Waals surface area (Å²) >= 11 is 0. The summed E-state index contributed by atoms with van der Waals surface area (Å²) in [6.07, 6.45) is -3.98. The normalized spacial score (nSPS) is 39.6. The Kier molecular flexibility index (Phi) is 7.62. The zero-order valence-electron chi connectivity index (χ0n) is 18.8. The Morgan fingerprint density at radius 3 is 2.86 bits per heavy atom. The molecular weight excluding hydrogens is 525 g/mol. The summed E-state index contributed by atoms with van der Waals surface area (Å²) in [4.78, 5) is 12.1. The number of nitrogens with zero attached hydrogens (tertiary/aromatic N) is 4. The molecular formula is C17H25FN8O8P2. The lowest BCUT2D eigenvalue weighted by molar-refractivity contribution is -0.0371. The molecule has 3 aliphatic heterocycles. The van der Waals surface area contributed by atoms with Crippen molar-refractivity contribution < 1.29 is 41.3 Å². The van der Waals surface area contributed by atoms with E-state index < -0.39 is 65.5 Å². The quantitative estimate of drug-likeness (QED) is 0.220. The molecule has 0 radical (unpaired) electrons. The molecule has 3 saturated heterocycles. The summed E-state index contributed by atoms with van der Waals surface area (Å²) in [5.41, 5.74) is 6.33. The summed E-state index contributed by atoms with van der Waals surface area (Å²) in [6.45, 7) is -0.565. The molecule has 16 nitrogen and oxygen atoms in total. The maximum atomic E-state index is 15.7. The zero-order chi connectivity index (χ0) is 25.4. The average molecular weight is 550 g/mol. The second-order valence-corrected chi connectivity index (χ2v) is 10.3. The molecule has 2 bridgehead atoms. The number of nitrogen functional groups attached to an aromatic ring is 1. The van der Waals surface area contributed by atoms with E-state index in [1.54, 1.807) is 0 Å². The smallest absolute Gasteiger partial charge is 0.319 e. The monoisotopic (exact) mass is 550 g/mol. The van der Waals surface area contributed by atoms with E-state index in [0.717, 1.165) is 6.34 Å². The minimum absolute atomic E-state index is 0.118. The molecule has 5 N–H and O–H groups in total. The van der Waals surface area contributed by atoms with Gasteiger partial charge in [0, 0.05) is 7.11 Å². The number of anilines is 1. The van der Waals surface area contributed by atoms with Crippen molar-refractivity contribution in [3.05, 3.63) is 12.7 Å². The predicted molar refractivity (Wildman–Crippen MR) is 122 cm³/mol. The van der Waals surface area contributed by atoms with E-state index in [1.165, 1.54) is 24.3 Å². The highest BCUT2D eigenvalue weighted by Gasteiger charge is 2.50. The van der Waals surface area contributed by atoms with Gasteiger partial charge in [0.05, 0.1) is 31.9 Å². The van der Waals surface area contributed by atoms with Crippen molar-refractivity contribution in [2.75, 3.05) is 26.1 Å². The summed E-state index contributed by atoms with van der Waals surface area (Å²) in [7, 11) is -4.77. The number of hydrogen-bond acceptors (Lipinski definition) is 13. The van der Waals surface area contributed by atoms with Crippen LogP contribution in [0.3, 0.4) is 0 Å². The molecule has 3 fully saturated rings. The highest BCUT2D eigenvalue weighted by molar-refractivity contribution is 7.36. The third-order valence-electron chi connectivity index (χ3n) is 6.08. The Morgan fingerprint density at radius 2 is 2.08 bits per heavy atom. The number of rotatable bonds is 4. The third kappa shape index (κ3) is 4.78. The third-order valence-corrected chi connectivity index (χ3v) is 7.95. The SMILES string of the molecule is COC1C2CO[PH](=O)NC3C(CO[PH](=O)OC1C(NC=N)O2)OC(n1cnc2c(N)ncnc21)C3F. The Bertz CT molecular complexity index is 1160. The van der Waals surface area contributed by atoms with E-state index in [1.807, 2.05) is 0 Å². The van der Waals surface area contributed by atoms with Crippen LogP contribution < -0.4 is 16.1 Å². The number of aromatic nitrogens is 4. The van der Waals surface area contributed by atoms with Gasteiger partial charge in [0.15, 0.2) is 30.1 Å². The Labute approximate surface area is 204 Å². The lowest BCUT2D eigenvalue weighted by atomic mass is 10.1. The minimum Gasteiger partial charge on any atom is -0.382 e. The second kappa shape index (κ2) is 10.7. The van der Waals surface area contributed by atoms with E-state index >= 15 is 4.39 Å². The van der Waals surface area contributed by atoms with Crippen LogP contribution in [0.4, 0.5) is 10.2 Å². The lowest BCUT2D eigenvalue weighted by Crippen LogP contribution is -2.42. The van der Waals surface area contributed by atoms with Gasteiger partial charge in [-0.3, -0.25) is 23.6 Å². The minimum atomic E-state index is -3.16. The summed E-state index contributed by atoms with van der Waals surface area (Å²) in [5.74, 6) is 0.118. The molecule has 2 aromatic rings. The Hall–Kier alpha value is -2.07. The maximum Gasteiger partial charge on any atom is 0.319 e. The summed E-state index contributed by atoms with van der Waals surface area (Å²) in [6, 6.07) is -1.16. The van der Waals surface area contributed by atoms with Crippen LogP contribution in [0.5, 0.6) is 0 Å². The summed E-state index contributed by atoms with van der Waals surface area (Å²) < 4.78 is 75.9.